The molecule has 0 aromatic carbocycles. The van der Waals surface area contributed by atoms with E-state index >= 15 is 0 Å². The molecule has 3 unspecified atom stereocenters. The van der Waals surface area contributed by atoms with E-state index in [0.29, 0.717) is 13.0 Å². The quantitative estimate of drug-likeness (QED) is 0.0340. The average Bonchev–Trinajstić information content (AvgIpc) is 2.99. The molecule has 0 bridgehead atoms. The normalized spacial score (nSPS) is 13.1. The van der Waals surface area contributed by atoms with Crippen LogP contribution in [-0.4, -0.2) is 36.2 Å². The van der Waals surface area contributed by atoms with Crippen molar-refractivity contribution in [3.05, 3.63) is 12.2 Å². The van der Waals surface area contributed by atoms with Crippen molar-refractivity contribution in [1.82, 2.24) is 0 Å². The SMILES string of the molecule is CCCCCCCCC=CCCCCCCCCOC(CO)C(P)OC(=O)CCCCCCCCCCCCCCC. The van der Waals surface area contributed by atoms with Gasteiger partial charge in [0.25, 0.3) is 0 Å². The van der Waals surface area contributed by atoms with Crippen molar-refractivity contribution in [2.45, 2.75) is 206 Å². The maximum Gasteiger partial charge on any atom is 0.306 e. The molecule has 0 aliphatic rings. The Balaban J connectivity index is 3.55. The van der Waals surface area contributed by atoms with Gasteiger partial charge in [0, 0.05) is 13.0 Å². The zero-order valence-electron chi connectivity index (χ0n) is 28.3. The van der Waals surface area contributed by atoms with Gasteiger partial charge in [-0.25, -0.2) is 0 Å². The minimum atomic E-state index is -0.487. The summed E-state index contributed by atoms with van der Waals surface area (Å²) >= 11 is 0. The maximum atomic E-state index is 12.2. The Morgan fingerprint density at radius 2 is 0.976 bits per heavy atom. The van der Waals surface area contributed by atoms with E-state index in [4.69, 9.17) is 9.47 Å². The fourth-order valence-electron chi connectivity index (χ4n) is 5.41. The van der Waals surface area contributed by atoms with E-state index in [0.717, 1.165) is 25.7 Å². The van der Waals surface area contributed by atoms with E-state index in [1.165, 1.54) is 148 Å². The molecule has 0 saturated heterocycles. The number of aliphatic hydroxyl groups excluding tert-OH is 1. The lowest BCUT2D eigenvalue weighted by atomic mass is 10.0. The molecule has 0 aliphatic heterocycles. The van der Waals surface area contributed by atoms with Crippen LogP contribution in [0.5, 0.6) is 0 Å². The molecule has 0 spiro atoms. The van der Waals surface area contributed by atoms with Crippen LogP contribution in [-0.2, 0) is 14.3 Å². The van der Waals surface area contributed by atoms with Crippen molar-refractivity contribution in [2.24, 2.45) is 0 Å². The number of carbonyl (C=O) groups excluding carboxylic acids is 1. The molecule has 0 fully saturated rings. The molecule has 0 amide bonds. The van der Waals surface area contributed by atoms with Gasteiger partial charge in [-0.15, -0.1) is 0 Å². The number of allylic oxidation sites excluding steroid dienone is 2. The summed E-state index contributed by atoms with van der Waals surface area (Å²) in [5.74, 6) is -0.670. The number of carbonyl (C=O) groups is 1. The average molecular weight is 613 g/mol. The Hall–Kier alpha value is -0.440. The standard InChI is InChI=1S/C37H73O4P/c1-3-5-7-9-11-13-15-17-18-19-21-23-25-27-29-31-33-40-35(34-38)37(42)41-36(39)32-30-28-26-24-22-20-16-14-12-10-8-6-4-2/h17-18,35,37-38H,3-16,19-34,42H2,1-2H3. The zero-order chi connectivity index (χ0) is 30.8. The van der Waals surface area contributed by atoms with Crippen LogP contribution in [0.4, 0.5) is 0 Å². The summed E-state index contributed by atoms with van der Waals surface area (Å²) in [6, 6.07) is 0. The Bertz CT molecular complexity index is 568. The van der Waals surface area contributed by atoms with E-state index in [2.05, 4.69) is 35.2 Å². The molecule has 3 atom stereocenters. The molecule has 0 rings (SSSR count). The fraction of sp³-hybridized carbons (Fsp3) is 0.919. The maximum absolute atomic E-state index is 12.2. The highest BCUT2D eigenvalue weighted by molar-refractivity contribution is 7.17. The third-order valence-corrected chi connectivity index (χ3v) is 8.85. The van der Waals surface area contributed by atoms with E-state index < -0.39 is 11.9 Å². The summed E-state index contributed by atoms with van der Waals surface area (Å²) in [4.78, 5) is 12.2. The van der Waals surface area contributed by atoms with Crippen LogP contribution in [0, 0.1) is 0 Å². The van der Waals surface area contributed by atoms with Gasteiger partial charge in [0.2, 0.25) is 0 Å². The molecule has 0 aromatic heterocycles. The third kappa shape index (κ3) is 31.0. The summed E-state index contributed by atoms with van der Waals surface area (Å²) in [5, 5.41) is 9.71. The van der Waals surface area contributed by atoms with Crippen molar-refractivity contribution in [3.8, 4) is 0 Å². The Kier molecular flexibility index (Phi) is 34.7. The molecule has 0 radical (unpaired) electrons. The highest BCUT2D eigenvalue weighted by atomic mass is 31.0. The first-order valence-corrected chi connectivity index (χ1v) is 19.1. The lowest BCUT2D eigenvalue weighted by molar-refractivity contribution is -0.152. The van der Waals surface area contributed by atoms with Gasteiger partial charge < -0.3 is 14.6 Å². The van der Waals surface area contributed by atoms with Gasteiger partial charge in [-0.05, 0) is 38.5 Å². The lowest BCUT2D eigenvalue weighted by Crippen LogP contribution is -2.32. The molecular weight excluding hydrogens is 539 g/mol. The zero-order valence-corrected chi connectivity index (χ0v) is 29.4. The summed E-state index contributed by atoms with van der Waals surface area (Å²) in [7, 11) is 2.53. The highest BCUT2D eigenvalue weighted by Crippen LogP contribution is 2.17. The van der Waals surface area contributed by atoms with Crippen LogP contribution in [0.15, 0.2) is 12.2 Å². The third-order valence-electron chi connectivity index (χ3n) is 8.29. The molecule has 0 aromatic rings. The predicted molar refractivity (Wildman–Crippen MR) is 186 cm³/mol. The Labute approximate surface area is 265 Å². The molecule has 250 valence electrons. The number of hydrogen-bond acceptors (Lipinski definition) is 4. The molecule has 0 heterocycles. The van der Waals surface area contributed by atoms with Gasteiger partial charge in [-0.2, -0.15) is 0 Å². The smallest absolute Gasteiger partial charge is 0.306 e. The fourth-order valence-corrected chi connectivity index (χ4v) is 5.79. The first-order valence-electron chi connectivity index (χ1n) is 18.5. The number of ether oxygens (including phenoxy) is 2. The van der Waals surface area contributed by atoms with E-state index in [1.54, 1.807) is 0 Å². The van der Waals surface area contributed by atoms with Gasteiger partial charge in [0.1, 0.15) is 11.9 Å². The first-order chi connectivity index (χ1) is 20.7. The topological polar surface area (TPSA) is 55.8 Å². The van der Waals surface area contributed by atoms with Crippen LogP contribution in [0.1, 0.15) is 194 Å². The summed E-state index contributed by atoms with van der Waals surface area (Å²) in [5.41, 5.74) is 0. The van der Waals surface area contributed by atoms with Crippen LogP contribution in [0.25, 0.3) is 0 Å². The van der Waals surface area contributed by atoms with Crippen molar-refractivity contribution in [3.63, 3.8) is 0 Å². The first kappa shape index (κ1) is 41.6. The summed E-state index contributed by atoms with van der Waals surface area (Å²) in [6.45, 7) is 5.02. The second kappa shape index (κ2) is 35.0. The monoisotopic (exact) mass is 613 g/mol. The molecule has 0 aliphatic carbocycles. The van der Waals surface area contributed by atoms with Crippen LogP contribution in [0.3, 0.4) is 0 Å². The van der Waals surface area contributed by atoms with E-state index in [9.17, 15) is 9.90 Å². The molecule has 4 nitrogen and oxygen atoms in total. The summed E-state index contributed by atoms with van der Waals surface area (Å²) in [6.07, 6.45) is 39.5. The van der Waals surface area contributed by atoms with Crippen molar-refractivity contribution >= 4 is 15.2 Å². The number of aliphatic hydroxyl groups is 1. The van der Waals surface area contributed by atoms with Gasteiger partial charge in [0.15, 0.2) is 0 Å². The van der Waals surface area contributed by atoms with Crippen molar-refractivity contribution in [2.75, 3.05) is 13.2 Å². The van der Waals surface area contributed by atoms with E-state index in [-0.39, 0.29) is 12.6 Å². The molecule has 42 heavy (non-hydrogen) atoms. The van der Waals surface area contributed by atoms with Crippen molar-refractivity contribution in [1.29, 1.82) is 0 Å². The molecule has 5 heteroatoms. The molecule has 1 N–H and O–H groups in total. The number of unbranched alkanes of at least 4 members (excludes halogenated alkanes) is 24. The Morgan fingerprint density at radius 1 is 0.595 bits per heavy atom. The van der Waals surface area contributed by atoms with Gasteiger partial charge in [-0.1, -0.05) is 170 Å². The Morgan fingerprint density at radius 3 is 1.40 bits per heavy atom. The number of rotatable bonds is 34. The van der Waals surface area contributed by atoms with Crippen LogP contribution >= 0.6 is 9.24 Å². The lowest BCUT2D eigenvalue weighted by Gasteiger charge is -2.22. The molecule has 0 saturated carbocycles. The van der Waals surface area contributed by atoms with Crippen molar-refractivity contribution < 1.29 is 19.4 Å². The van der Waals surface area contributed by atoms with Gasteiger partial charge >= 0.3 is 5.97 Å². The van der Waals surface area contributed by atoms with Crippen LogP contribution < -0.4 is 0 Å². The van der Waals surface area contributed by atoms with Crippen LogP contribution in [0.2, 0.25) is 0 Å². The second-order valence-electron chi connectivity index (χ2n) is 12.5. The van der Waals surface area contributed by atoms with Gasteiger partial charge in [-0.3, -0.25) is 4.79 Å². The number of esters is 1. The molecular formula is C37H73O4P. The minimum Gasteiger partial charge on any atom is -0.455 e. The highest BCUT2D eigenvalue weighted by Gasteiger charge is 2.21. The van der Waals surface area contributed by atoms with E-state index in [1.807, 2.05) is 0 Å². The summed E-state index contributed by atoms with van der Waals surface area (Å²) < 4.78 is 11.4. The predicted octanol–water partition coefficient (Wildman–Crippen LogP) is 11.6. The largest absolute Gasteiger partial charge is 0.455 e. The minimum absolute atomic E-state index is 0.132. The number of hydrogen-bond donors (Lipinski definition) is 1. The second-order valence-corrected chi connectivity index (χ2v) is 13.1. The van der Waals surface area contributed by atoms with Gasteiger partial charge in [0.05, 0.1) is 6.61 Å².